The van der Waals surface area contributed by atoms with Crippen molar-refractivity contribution in [3.63, 3.8) is 0 Å². The molecule has 1 aliphatic rings. The van der Waals surface area contributed by atoms with Crippen molar-refractivity contribution in [1.82, 2.24) is 4.57 Å². The lowest BCUT2D eigenvalue weighted by Gasteiger charge is -2.13. The van der Waals surface area contributed by atoms with Gasteiger partial charge in [0.1, 0.15) is 6.10 Å². The van der Waals surface area contributed by atoms with Crippen LogP contribution in [0.4, 0.5) is 10.5 Å². The second kappa shape index (κ2) is 11.9. The number of nitrogens with zero attached hydrogens (tertiary/aromatic N) is 1. The van der Waals surface area contributed by atoms with Crippen molar-refractivity contribution >= 4 is 62.8 Å². The molecule has 8 heteroatoms. The number of halogens is 1. The molecule has 0 saturated heterocycles. The van der Waals surface area contributed by atoms with Gasteiger partial charge in [-0.15, -0.1) is 11.8 Å². The minimum absolute atomic E-state index is 0.0188. The molecular weight excluding hydrogens is 556 g/mol. The summed E-state index contributed by atoms with van der Waals surface area (Å²) in [6, 6.07) is 27.3. The second-order valence-electron chi connectivity index (χ2n) is 10.3. The van der Waals surface area contributed by atoms with Gasteiger partial charge in [0.25, 0.3) is 0 Å². The summed E-state index contributed by atoms with van der Waals surface area (Å²) >= 11 is 8.76. The number of hydrogen-bond donors (Lipinski definition) is 2. The number of carboxylic acids is 1. The zero-order chi connectivity index (χ0) is 28.3. The number of rotatable bonds is 8. The Kier molecular flexibility index (Phi) is 7.90. The van der Waals surface area contributed by atoms with E-state index < -0.39 is 12.1 Å². The molecule has 0 atom stereocenters. The first-order chi connectivity index (χ1) is 19.9. The van der Waals surface area contributed by atoms with Gasteiger partial charge in [0, 0.05) is 34.0 Å². The molecule has 2 N–H and O–H groups in total. The molecule has 1 saturated carbocycles. The Labute approximate surface area is 247 Å². The van der Waals surface area contributed by atoms with Gasteiger partial charge in [-0.1, -0.05) is 54.1 Å². The molecule has 1 heterocycles. The van der Waals surface area contributed by atoms with Crippen LogP contribution in [0.25, 0.3) is 21.7 Å². The quantitative estimate of drug-likeness (QED) is 0.178. The zero-order valence-corrected chi connectivity index (χ0v) is 23.9. The number of aromatic nitrogens is 1. The van der Waals surface area contributed by atoms with E-state index in [1.165, 1.54) is 10.8 Å². The largest absolute Gasteiger partial charge is 0.478 e. The highest BCUT2D eigenvalue weighted by molar-refractivity contribution is 7.98. The predicted molar refractivity (Wildman–Crippen MR) is 165 cm³/mol. The number of carboxylic acid groups (broad SMARTS) is 1. The van der Waals surface area contributed by atoms with Gasteiger partial charge in [-0.2, -0.15) is 0 Å². The van der Waals surface area contributed by atoms with Gasteiger partial charge in [-0.25, -0.2) is 9.59 Å². The minimum atomic E-state index is -0.954. The van der Waals surface area contributed by atoms with E-state index >= 15 is 0 Å². The third kappa shape index (κ3) is 6.06. The van der Waals surface area contributed by atoms with Gasteiger partial charge in [0.15, 0.2) is 0 Å². The Morgan fingerprint density at radius 1 is 0.951 bits per heavy atom. The van der Waals surface area contributed by atoms with E-state index in [4.69, 9.17) is 16.3 Å². The molecule has 0 unspecified atom stereocenters. The average Bonchev–Trinajstić information content (AvgIpc) is 3.58. The molecule has 4 aromatic carbocycles. The van der Waals surface area contributed by atoms with Crippen molar-refractivity contribution in [1.29, 1.82) is 0 Å². The van der Waals surface area contributed by atoms with Crippen LogP contribution in [-0.2, 0) is 17.0 Å². The number of fused-ring (bicyclic) bond motifs is 2. The molecule has 5 aromatic rings. The van der Waals surface area contributed by atoms with Crippen LogP contribution in [0.1, 0.15) is 47.3 Å². The Morgan fingerprint density at radius 3 is 2.46 bits per heavy atom. The maximum atomic E-state index is 12.5. The monoisotopic (exact) mass is 584 g/mol. The lowest BCUT2D eigenvalue weighted by molar-refractivity contribution is 0.0696. The van der Waals surface area contributed by atoms with Gasteiger partial charge < -0.3 is 14.4 Å². The van der Waals surface area contributed by atoms with Gasteiger partial charge in [-0.3, -0.25) is 5.32 Å². The number of thioether (sulfide) groups is 1. The smallest absolute Gasteiger partial charge is 0.411 e. The highest BCUT2D eigenvalue weighted by Crippen LogP contribution is 2.37. The maximum Gasteiger partial charge on any atom is 0.411 e. The number of carbonyl (C=O) groups excluding carboxylic acids is 1. The molecule has 6 nitrogen and oxygen atoms in total. The number of carbonyl (C=O) groups is 2. The summed E-state index contributed by atoms with van der Waals surface area (Å²) in [6.07, 6.45) is 3.53. The van der Waals surface area contributed by atoms with Crippen LogP contribution in [0.15, 0.2) is 89.8 Å². The number of nitrogens with one attached hydrogen (secondary N) is 1. The van der Waals surface area contributed by atoms with Crippen LogP contribution in [0, 0.1) is 0 Å². The van der Waals surface area contributed by atoms with Crippen LogP contribution < -0.4 is 5.32 Å². The van der Waals surface area contributed by atoms with Crippen molar-refractivity contribution in [2.24, 2.45) is 0 Å². The van der Waals surface area contributed by atoms with E-state index in [9.17, 15) is 14.7 Å². The third-order valence-corrected chi connectivity index (χ3v) is 8.99. The van der Waals surface area contributed by atoms with Crippen molar-refractivity contribution in [3.8, 4) is 0 Å². The Morgan fingerprint density at radius 2 is 1.71 bits per heavy atom. The summed E-state index contributed by atoms with van der Waals surface area (Å²) < 4.78 is 7.75. The topological polar surface area (TPSA) is 80.6 Å². The zero-order valence-electron chi connectivity index (χ0n) is 22.3. The molecule has 0 bridgehead atoms. The fourth-order valence-corrected chi connectivity index (χ4v) is 6.79. The fraction of sp³-hybridized carbons (Fsp3) is 0.212. The number of ether oxygens (including phenoxy) is 1. The Bertz CT molecular complexity index is 1740. The molecule has 0 radical (unpaired) electrons. The van der Waals surface area contributed by atoms with Gasteiger partial charge in [0.2, 0.25) is 0 Å². The van der Waals surface area contributed by atoms with Crippen molar-refractivity contribution in [2.75, 3.05) is 5.32 Å². The van der Waals surface area contributed by atoms with Crippen molar-refractivity contribution < 1.29 is 19.4 Å². The number of aromatic carboxylic acids is 1. The highest BCUT2D eigenvalue weighted by atomic mass is 35.5. The Hall–Kier alpha value is -3.94. The number of anilines is 1. The predicted octanol–water partition coefficient (Wildman–Crippen LogP) is 8.98. The lowest BCUT2D eigenvalue weighted by atomic mass is 10.1. The Balaban J connectivity index is 1.31. The number of hydrogen-bond acceptors (Lipinski definition) is 4. The minimum Gasteiger partial charge on any atom is -0.478 e. The molecule has 41 heavy (non-hydrogen) atoms. The summed E-state index contributed by atoms with van der Waals surface area (Å²) in [6.45, 7) is 0.521. The third-order valence-electron chi connectivity index (χ3n) is 7.56. The van der Waals surface area contributed by atoms with E-state index in [0.717, 1.165) is 52.7 Å². The molecule has 6 rings (SSSR count). The first kappa shape index (κ1) is 27.2. The first-order valence-electron chi connectivity index (χ1n) is 13.7. The van der Waals surface area contributed by atoms with E-state index in [1.54, 1.807) is 23.9 Å². The molecule has 0 aliphatic heterocycles. The van der Waals surface area contributed by atoms with Crippen LogP contribution >= 0.6 is 23.4 Å². The molecule has 1 aliphatic carbocycles. The fourth-order valence-electron chi connectivity index (χ4n) is 5.42. The van der Waals surface area contributed by atoms with Crippen molar-refractivity contribution in [2.45, 2.75) is 49.0 Å². The molecule has 208 valence electrons. The van der Waals surface area contributed by atoms with E-state index in [1.807, 2.05) is 42.5 Å². The molecule has 1 amide bonds. The molecular formula is C33H29ClN2O4S. The van der Waals surface area contributed by atoms with Gasteiger partial charge >= 0.3 is 12.1 Å². The van der Waals surface area contributed by atoms with E-state index in [0.29, 0.717) is 23.0 Å². The van der Waals surface area contributed by atoms with Crippen LogP contribution in [-0.4, -0.2) is 27.8 Å². The number of benzene rings is 4. The normalized spacial score (nSPS) is 13.6. The average molecular weight is 585 g/mol. The molecule has 0 spiro atoms. The molecule has 1 fully saturated rings. The summed E-state index contributed by atoms with van der Waals surface area (Å²) in [5.41, 5.74) is 3.72. The van der Waals surface area contributed by atoms with Gasteiger partial charge in [-0.05, 0) is 84.5 Å². The number of amides is 1. The van der Waals surface area contributed by atoms with Crippen LogP contribution in [0.2, 0.25) is 5.02 Å². The second-order valence-corrected chi connectivity index (χ2v) is 11.7. The lowest BCUT2D eigenvalue weighted by Crippen LogP contribution is -2.20. The first-order valence-corrected chi connectivity index (χ1v) is 15.0. The molecule has 1 aromatic heterocycles. The van der Waals surface area contributed by atoms with Crippen LogP contribution in [0.3, 0.4) is 0 Å². The maximum absolute atomic E-state index is 12.5. The van der Waals surface area contributed by atoms with E-state index in [2.05, 4.69) is 40.2 Å². The standard InChI is InChI=1S/C33H29ClN2O4S/c34-31-28-18-25(35-33(39)40-26-7-3-4-8-26)14-16-29(28)36(19-21-9-11-23(12-10-21)32(37)38)30(31)20-41-27-15-13-22-5-1-2-6-24(22)17-27/h1-2,5-6,9-18,26H,3-4,7-8,19-20H2,(H,35,39)(H,37,38). The summed E-state index contributed by atoms with van der Waals surface area (Å²) in [7, 11) is 0. The highest BCUT2D eigenvalue weighted by Gasteiger charge is 2.21. The summed E-state index contributed by atoms with van der Waals surface area (Å²) in [4.78, 5) is 25.0. The SMILES string of the molecule is O=C(Nc1ccc2c(c1)c(Cl)c(CSc1ccc3ccccc3c1)n2Cc1ccc(C(=O)O)cc1)OC1CCCC1. The van der Waals surface area contributed by atoms with E-state index in [-0.39, 0.29) is 11.7 Å². The summed E-state index contributed by atoms with van der Waals surface area (Å²) in [5.74, 6) is -0.323. The van der Waals surface area contributed by atoms with Crippen molar-refractivity contribution in [3.05, 3.63) is 107 Å². The summed E-state index contributed by atoms with van der Waals surface area (Å²) in [5, 5.41) is 16.0. The van der Waals surface area contributed by atoms with Crippen LogP contribution in [0.5, 0.6) is 0 Å². The van der Waals surface area contributed by atoms with Gasteiger partial charge in [0.05, 0.1) is 16.1 Å².